The lowest BCUT2D eigenvalue weighted by Crippen LogP contribution is -2.22. The molecule has 0 bridgehead atoms. The number of benzene rings is 2. The highest BCUT2D eigenvalue weighted by Gasteiger charge is 2.18. The third-order valence-electron chi connectivity index (χ3n) is 4.58. The van der Waals surface area contributed by atoms with Gasteiger partial charge in [0, 0.05) is 19.7 Å². The molecule has 0 saturated heterocycles. The molecule has 1 heterocycles. The van der Waals surface area contributed by atoms with Crippen LogP contribution in [0.1, 0.15) is 12.5 Å². The number of carbonyl (C=O) groups is 1. The Morgan fingerprint density at radius 2 is 1.53 bits per heavy atom. The Kier molecular flexibility index (Phi) is 6.77. The third kappa shape index (κ3) is 5.21. The molecule has 1 aromatic heterocycles. The van der Waals surface area contributed by atoms with Crippen LogP contribution in [0.4, 0.5) is 6.01 Å². The molecule has 0 atom stereocenters. The van der Waals surface area contributed by atoms with Crippen LogP contribution in [0.15, 0.2) is 62.7 Å². The van der Waals surface area contributed by atoms with Crippen molar-refractivity contribution in [3.8, 4) is 11.5 Å². The summed E-state index contributed by atoms with van der Waals surface area (Å²) in [5.74, 6) is -0.303. The monoisotopic (exact) mass is 478 g/mol. The van der Waals surface area contributed by atoms with E-state index >= 15 is 0 Å². The minimum Gasteiger partial charge on any atom is -0.403 e. The molecule has 0 spiro atoms. The lowest BCUT2D eigenvalue weighted by molar-refractivity contribution is -0.115. The van der Waals surface area contributed by atoms with Gasteiger partial charge in [0.2, 0.25) is 21.8 Å². The van der Waals surface area contributed by atoms with Crippen molar-refractivity contribution >= 4 is 31.8 Å². The van der Waals surface area contributed by atoms with Gasteiger partial charge in [-0.05, 0) is 42.0 Å². The summed E-state index contributed by atoms with van der Waals surface area (Å²) in [6, 6.07) is 11.9. The number of aromatic nitrogens is 2. The fourth-order valence-electron chi connectivity index (χ4n) is 2.70. The molecule has 1 N–H and O–H groups in total. The number of carbonyl (C=O) groups excluding carboxylic acids is 1. The molecule has 0 aliphatic heterocycles. The fraction of sp³-hybridized carbons (Fsp3) is 0.250. The second kappa shape index (κ2) is 9.18. The normalized spacial score (nSPS) is 12.1. The van der Waals surface area contributed by atoms with Crippen LogP contribution in [-0.2, 0) is 31.1 Å². The van der Waals surface area contributed by atoms with Gasteiger partial charge >= 0.3 is 6.01 Å². The first kappa shape index (κ1) is 23.6. The van der Waals surface area contributed by atoms with Crippen molar-refractivity contribution in [2.75, 3.05) is 25.2 Å². The zero-order chi connectivity index (χ0) is 23.5. The predicted molar refractivity (Wildman–Crippen MR) is 117 cm³/mol. The van der Waals surface area contributed by atoms with E-state index in [0.717, 1.165) is 4.31 Å². The Hall–Kier alpha value is -3.09. The summed E-state index contributed by atoms with van der Waals surface area (Å²) in [6.07, 6.45) is -0.0126. The first-order chi connectivity index (χ1) is 15.0. The first-order valence-electron chi connectivity index (χ1n) is 9.51. The maximum absolute atomic E-state index is 12.3. The van der Waals surface area contributed by atoms with E-state index in [9.17, 15) is 21.6 Å². The Bertz CT molecular complexity index is 1310. The van der Waals surface area contributed by atoms with Crippen LogP contribution in [0.5, 0.6) is 0 Å². The van der Waals surface area contributed by atoms with Gasteiger partial charge < -0.3 is 4.42 Å². The molecule has 32 heavy (non-hydrogen) atoms. The first-order valence-corrected chi connectivity index (χ1v) is 12.6. The van der Waals surface area contributed by atoms with Gasteiger partial charge in [0.25, 0.3) is 0 Å². The summed E-state index contributed by atoms with van der Waals surface area (Å²) in [6.45, 7) is 1.56. The molecule has 0 aliphatic rings. The van der Waals surface area contributed by atoms with Crippen molar-refractivity contribution in [2.45, 2.75) is 23.1 Å². The van der Waals surface area contributed by atoms with Gasteiger partial charge in [-0.1, -0.05) is 24.2 Å². The number of anilines is 1. The summed E-state index contributed by atoms with van der Waals surface area (Å²) in [7, 11) is -3.97. The number of nitrogens with zero attached hydrogens (tertiary/aromatic N) is 3. The molecule has 0 saturated carbocycles. The van der Waals surface area contributed by atoms with Gasteiger partial charge in [-0.25, -0.2) is 21.1 Å². The van der Waals surface area contributed by atoms with E-state index in [1.807, 2.05) is 0 Å². The van der Waals surface area contributed by atoms with Crippen molar-refractivity contribution in [1.82, 2.24) is 14.5 Å². The molecule has 170 valence electrons. The molecular formula is C20H22N4O6S2. The van der Waals surface area contributed by atoms with E-state index < -0.39 is 25.8 Å². The van der Waals surface area contributed by atoms with E-state index in [1.165, 1.54) is 50.5 Å². The maximum atomic E-state index is 12.3. The van der Waals surface area contributed by atoms with Crippen LogP contribution >= 0.6 is 0 Å². The van der Waals surface area contributed by atoms with Gasteiger partial charge in [-0.3, -0.25) is 10.1 Å². The summed E-state index contributed by atoms with van der Waals surface area (Å²) >= 11 is 0. The van der Waals surface area contributed by atoms with Crippen molar-refractivity contribution in [3.63, 3.8) is 0 Å². The summed E-state index contributed by atoms with van der Waals surface area (Å²) in [4.78, 5) is 12.6. The average molecular weight is 479 g/mol. The molecular weight excluding hydrogens is 456 g/mol. The summed E-state index contributed by atoms with van der Waals surface area (Å²) < 4.78 is 54.5. The quantitative estimate of drug-likeness (QED) is 0.518. The predicted octanol–water partition coefficient (Wildman–Crippen LogP) is 1.96. The highest BCUT2D eigenvalue weighted by Crippen LogP contribution is 2.23. The maximum Gasteiger partial charge on any atom is 0.322 e. The second-order valence-electron chi connectivity index (χ2n) is 7.00. The Morgan fingerprint density at radius 1 is 0.938 bits per heavy atom. The van der Waals surface area contributed by atoms with Crippen molar-refractivity contribution in [2.24, 2.45) is 0 Å². The minimum absolute atomic E-state index is 0.000516. The van der Waals surface area contributed by atoms with Crippen molar-refractivity contribution < 1.29 is 26.0 Å². The van der Waals surface area contributed by atoms with E-state index in [2.05, 4.69) is 15.5 Å². The Morgan fingerprint density at radius 3 is 2.09 bits per heavy atom. The second-order valence-corrected chi connectivity index (χ2v) is 11.4. The number of sulfone groups is 1. The smallest absolute Gasteiger partial charge is 0.322 e. The van der Waals surface area contributed by atoms with E-state index in [1.54, 1.807) is 19.1 Å². The summed E-state index contributed by atoms with van der Waals surface area (Å²) in [5, 5.41) is 10.1. The third-order valence-corrected chi connectivity index (χ3v) is 8.16. The highest BCUT2D eigenvalue weighted by atomic mass is 32.2. The molecule has 0 aliphatic carbocycles. The largest absolute Gasteiger partial charge is 0.403 e. The molecule has 0 unspecified atom stereocenters. The van der Waals surface area contributed by atoms with E-state index in [-0.39, 0.29) is 33.9 Å². The van der Waals surface area contributed by atoms with Gasteiger partial charge in [0.15, 0.2) is 9.84 Å². The van der Waals surface area contributed by atoms with Crippen LogP contribution in [0.2, 0.25) is 0 Å². The zero-order valence-corrected chi connectivity index (χ0v) is 19.3. The SMILES string of the molecule is CCS(=O)(=O)c1ccc(CC(=O)Nc2nnc(-c3ccc(S(=O)(=O)N(C)C)cc3)o2)cc1. The fourth-order valence-corrected chi connectivity index (χ4v) is 4.49. The summed E-state index contributed by atoms with van der Waals surface area (Å²) in [5.41, 5.74) is 1.11. The standard InChI is InChI=1S/C20H22N4O6S2/c1-4-31(26,27)16-9-5-14(6-10-16)13-18(25)21-20-23-22-19(30-20)15-7-11-17(12-8-15)32(28,29)24(2)3/h5-12H,4,13H2,1-3H3,(H,21,23,25). The van der Waals surface area contributed by atoms with Crippen molar-refractivity contribution in [1.29, 1.82) is 0 Å². The van der Waals surface area contributed by atoms with E-state index in [4.69, 9.17) is 4.42 Å². The van der Waals surface area contributed by atoms with Crippen molar-refractivity contribution in [3.05, 3.63) is 54.1 Å². The number of amides is 1. The van der Waals surface area contributed by atoms with Crippen LogP contribution in [0.25, 0.3) is 11.5 Å². The molecule has 2 aromatic carbocycles. The van der Waals surface area contributed by atoms with Crippen LogP contribution in [0, 0.1) is 0 Å². The van der Waals surface area contributed by atoms with Gasteiger partial charge in [0.05, 0.1) is 22.0 Å². The topological polar surface area (TPSA) is 140 Å². The molecule has 0 fully saturated rings. The number of hydrogen-bond acceptors (Lipinski definition) is 8. The van der Waals surface area contributed by atoms with Gasteiger partial charge in [0.1, 0.15) is 0 Å². The molecule has 0 radical (unpaired) electrons. The van der Waals surface area contributed by atoms with Gasteiger partial charge in [-0.15, -0.1) is 5.10 Å². The number of hydrogen-bond donors (Lipinski definition) is 1. The van der Waals surface area contributed by atoms with Crippen LogP contribution in [0.3, 0.4) is 0 Å². The van der Waals surface area contributed by atoms with Crippen LogP contribution in [-0.4, -0.2) is 57.1 Å². The Balaban J connectivity index is 1.65. The van der Waals surface area contributed by atoms with Gasteiger partial charge in [-0.2, -0.15) is 0 Å². The number of sulfonamides is 1. The van der Waals surface area contributed by atoms with Crippen LogP contribution < -0.4 is 5.32 Å². The van der Waals surface area contributed by atoms with E-state index in [0.29, 0.717) is 11.1 Å². The molecule has 3 rings (SSSR count). The molecule has 12 heteroatoms. The lowest BCUT2D eigenvalue weighted by atomic mass is 10.1. The number of rotatable bonds is 8. The number of nitrogens with one attached hydrogen (secondary N) is 1. The molecule has 10 nitrogen and oxygen atoms in total. The zero-order valence-electron chi connectivity index (χ0n) is 17.6. The molecule has 1 amide bonds. The lowest BCUT2D eigenvalue weighted by Gasteiger charge is -2.11. The molecule has 3 aromatic rings. The highest BCUT2D eigenvalue weighted by molar-refractivity contribution is 7.91. The minimum atomic E-state index is -3.55. The average Bonchev–Trinajstić information content (AvgIpc) is 3.22. The Labute approximate surface area is 186 Å².